The second-order valence-corrected chi connectivity index (χ2v) is 18.6. The molecule has 0 aromatic carbocycles. The molecule has 0 saturated heterocycles. The van der Waals surface area contributed by atoms with E-state index in [1.54, 1.807) is 0 Å². The molecule has 6 heteroatoms. The minimum absolute atomic E-state index is 0.0633. The van der Waals surface area contributed by atoms with Crippen LogP contribution in [0.25, 0.3) is 0 Å². The lowest BCUT2D eigenvalue weighted by atomic mass is 10.0. The fourth-order valence-electron chi connectivity index (χ4n) is 8.04. The Balaban J connectivity index is 4.22. The van der Waals surface area contributed by atoms with Gasteiger partial charge in [-0.3, -0.25) is 14.4 Å². The minimum Gasteiger partial charge on any atom is -0.462 e. The fourth-order valence-corrected chi connectivity index (χ4v) is 8.04. The Morgan fingerprint density at radius 2 is 0.559 bits per heavy atom. The average Bonchev–Trinajstić information content (AvgIpc) is 3.22. The first kappa shape index (κ1) is 57.4. The van der Waals surface area contributed by atoms with E-state index in [0.717, 1.165) is 63.7 Å². The van der Waals surface area contributed by atoms with Gasteiger partial charge in [0.1, 0.15) is 13.2 Å². The Morgan fingerprint density at radius 3 is 0.831 bits per heavy atom. The number of ether oxygens (including phenoxy) is 3. The fraction of sp³-hybridized carbons (Fsp3) is 0.943. The first-order valence-corrected chi connectivity index (χ1v) is 26.4. The molecule has 0 radical (unpaired) electrons. The SMILES string of the molecule is CCCCCCCCCCCCCCCCCCCCCC(=O)OC[C@@H](COC(=O)CCCCCCCCCCCCC)OC(=O)CCCCCCCCCCC(C)C. The van der Waals surface area contributed by atoms with Gasteiger partial charge in [-0.25, -0.2) is 0 Å². The van der Waals surface area contributed by atoms with Gasteiger partial charge in [-0.2, -0.15) is 0 Å². The Morgan fingerprint density at radius 1 is 0.322 bits per heavy atom. The quantitative estimate of drug-likeness (QED) is 0.0345. The highest BCUT2D eigenvalue weighted by Crippen LogP contribution is 2.17. The van der Waals surface area contributed by atoms with Crippen LogP contribution in [0.5, 0.6) is 0 Å². The number of carbonyl (C=O) groups is 3. The average molecular weight is 835 g/mol. The number of carbonyl (C=O) groups excluding carboxylic acids is 3. The smallest absolute Gasteiger partial charge is 0.306 e. The number of unbranched alkanes of at least 4 members (excludes halogenated alkanes) is 35. The van der Waals surface area contributed by atoms with Crippen LogP contribution in [0.3, 0.4) is 0 Å². The highest BCUT2D eigenvalue weighted by atomic mass is 16.6. The molecule has 0 heterocycles. The van der Waals surface area contributed by atoms with E-state index in [-0.39, 0.29) is 31.1 Å². The third-order valence-corrected chi connectivity index (χ3v) is 12.0. The normalized spacial score (nSPS) is 11.9. The van der Waals surface area contributed by atoms with Gasteiger partial charge in [0.05, 0.1) is 0 Å². The van der Waals surface area contributed by atoms with Crippen LogP contribution in [0.15, 0.2) is 0 Å². The molecular weight excluding hydrogens is 733 g/mol. The van der Waals surface area contributed by atoms with Gasteiger partial charge in [-0.1, -0.05) is 259 Å². The van der Waals surface area contributed by atoms with E-state index in [9.17, 15) is 14.4 Å². The van der Waals surface area contributed by atoms with Gasteiger partial charge >= 0.3 is 17.9 Å². The molecule has 0 aromatic heterocycles. The van der Waals surface area contributed by atoms with Crippen LogP contribution < -0.4 is 0 Å². The molecule has 6 nitrogen and oxygen atoms in total. The summed E-state index contributed by atoms with van der Waals surface area (Å²) in [5.41, 5.74) is 0. The van der Waals surface area contributed by atoms with Crippen LogP contribution in [0, 0.1) is 5.92 Å². The predicted octanol–water partition coefficient (Wildman–Crippen LogP) is 17.1. The van der Waals surface area contributed by atoms with Gasteiger partial charge in [0.25, 0.3) is 0 Å². The van der Waals surface area contributed by atoms with Gasteiger partial charge < -0.3 is 14.2 Å². The summed E-state index contributed by atoms with van der Waals surface area (Å²) < 4.78 is 16.8. The Hall–Kier alpha value is -1.59. The molecule has 1 atom stereocenters. The number of esters is 3. The van der Waals surface area contributed by atoms with Crippen molar-refractivity contribution in [1.29, 1.82) is 0 Å². The molecule has 0 fully saturated rings. The molecule has 59 heavy (non-hydrogen) atoms. The van der Waals surface area contributed by atoms with E-state index in [2.05, 4.69) is 27.7 Å². The third-order valence-electron chi connectivity index (χ3n) is 12.0. The van der Waals surface area contributed by atoms with Gasteiger partial charge in [0.15, 0.2) is 6.10 Å². The van der Waals surface area contributed by atoms with Crippen molar-refractivity contribution in [2.75, 3.05) is 13.2 Å². The molecule has 0 bridgehead atoms. The highest BCUT2D eigenvalue weighted by Gasteiger charge is 2.19. The van der Waals surface area contributed by atoms with Crippen molar-refractivity contribution in [3.8, 4) is 0 Å². The molecule has 0 unspecified atom stereocenters. The third kappa shape index (κ3) is 47.3. The lowest BCUT2D eigenvalue weighted by molar-refractivity contribution is -0.167. The summed E-state index contributed by atoms with van der Waals surface area (Å²) in [4.78, 5) is 37.9. The lowest BCUT2D eigenvalue weighted by Crippen LogP contribution is -2.30. The summed E-state index contributed by atoms with van der Waals surface area (Å²) in [5.74, 6) is -0.0538. The summed E-state index contributed by atoms with van der Waals surface area (Å²) in [6, 6.07) is 0. The molecule has 0 rings (SSSR count). The van der Waals surface area contributed by atoms with E-state index in [4.69, 9.17) is 14.2 Å². The first-order valence-electron chi connectivity index (χ1n) is 26.4. The van der Waals surface area contributed by atoms with Gasteiger partial charge in [-0.15, -0.1) is 0 Å². The highest BCUT2D eigenvalue weighted by molar-refractivity contribution is 5.71. The van der Waals surface area contributed by atoms with E-state index >= 15 is 0 Å². The zero-order chi connectivity index (χ0) is 43.1. The molecule has 0 N–H and O–H groups in total. The second-order valence-electron chi connectivity index (χ2n) is 18.6. The maximum Gasteiger partial charge on any atom is 0.306 e. The van der Waals surface area contributed by atoms with E-state index < -0.39 is 6.10 Å². The molecule has 0 aliphatic heterocycles. The van der Waals surface area contributed by atoms with Crippen molar-refractivity contribution < 1.29 is 28.6 Å². The molecule has 0 aliphatic rings. The maximum atomic E-state index is 12.7. The summed E-state index contributed by atoms with van der Waals surface area (Å²) >= 11 is 0. The van der Waals surface area contributed by atoms with Crippen LogP contribution in [-0.2, 0) is 28.6 Å². The van der Waals surface area contributed by atoms with Crippen molar-refractivity contribution in [2.24, 2.45) is 5.92 Å². The monoisotopic (exact) mass is 835 g/mol. The Bertz CT molecular complexity index is 887. The van der Waals surface area contributed by atoms with Crippen LogP contribution in [0.4, 0.5) is 0 Å². The Labute approximate surface area is 368 Å². The van der Waals surface area contributed by atoms with Crippen LogP contribution in [0.2, 0.25) is 0 Å². The van der Waals surface area contributed by atoms with Gasteiger partial charge in [0.2, 0.25) is 0 Å². The topological polar surface area (TPSA) is 78.9 Å². The number of hydrogen-bond donors (Lipinski definition) is 0. The van der Waals surface area contributed by atoms with Crippen LogP contribution in [-0.4, -0.2) is 37.2 Å². The minimum atomic E-state index is -0.760. The van der Waals surface area contributed by atoms with Crippen molar-refractivity contribution >= 4 is 17.9 Å². The summed E-state index contributed by atoms with van der Waals surface area (Å²) in [6.07, 6.45) is 49.6. The second kappa shape index (κ2) is 47.5. The van der Waals surface area contributed by atoms with E-state index in [1.165, 1.54) is 193 Å². The Kier molecular flexibility index (Phi) is 46.2. The largest absolute Gasteiger partial charge is 0.462 e. The molecule has 0 spiro atoms. The maximum absolute atomic E-state index is 12.7. The molecule has 0 amide bonds. The van der Waals surface area contributed by atoms with E-state index in [1.807, 2.05) is 0 Å². The van der Waals surface area contributed by atoms with Gasteiger partial charge in [0, 0.05) is 19.3 Å². The number of hydrogen-bond acceptors (Lipinski definition) is 6. The number of rotatable bonds is 48. The molecule has 0 aliphatic carbocycles. The zero-order valence-electron chi connectivity index (χ0n) is 40.2. The molecule has 0 saturated carbocycles. The van der Waals surface area contributed by atoms with Crippen molar-refractivity contribution in [2.45, 2.75) is 303 Å². The summed E-state index contributed by atoms with van der Waals surface area (Å²) in [5, 5.41) is 0. The molecule has 350 valence electrons. The molecule has 0 aromatic rings. The van der Waals surface area contributed by atoms with Crippen molar-refractivity contribution in [1.82, 2.24) is 0 Å². The van der Waals surface area contributed by atoms with E-state index in [0.29, 0.717) is 19.3 Å². The first-order chi connectivity index (χ1) is 28.9. The van der Waals surface area contributed by atoms with Crippen molar-refractivity contribution in [3.63, 3.8) is 0 Å². The molecular formula is C53H102O6. The summed E-state index contributed by atoms with van der Waals surface area (Å²) in [7, 11) is 0. The standard InChI is InChI=1S/C53H102O6/c1-5-7-9-11-13-15-17-18-19-20-21-22-23-24-26-28-33-37-41-45-52(55)58-48-50(59-53(56)46-42-38-34-30-29-31-35-39-43-49(3)4)47-57-51(54)44-40-36-32-27-25-16-14-12-10-8-6-2/h49-50H,5-48H2,1-4H3/t50-/m1/s1. The van der Waals surface area contributed by atoms with Crippen molar-refractivity contribution in [3.05, 3.63) is 0 Å². The van der Waals surface area contributed by atoms with Crippen LogP contribution >= 0.6 is 0 Å². The predicted molar refractivity (Wildman–Crippen MR) is 252 cm³/mol. The lowest BCUT2D eigenvalue weighted by Gasteiger charge is -2.18. The zero-order valence-corrected chi connectivity index (χ0v) is 40.2. The summed E-state index contributed by atoms with van der Waals surface area (Å²) in [6.45, 7) is 8.99. The van der Waals surface area contributed by atoms with Gasteiger partial charge in [-0.05, 0) is 25.2 Å². The van der Waals surface area contributed by atoms with Crippen LogP contribution in [0.1, 0.15) is 297 Å².